The van der Waals surface area contributed by atoms with E-state index in [4.69, 9.17) is 9.47 Å². The van der Waals surface area contributed by atoms with Crippen molar-refractivity contribution in [3.05, 3.63) is 90.8 Å². The third-order valence-electron chi connectivity index (χ3n) is 8.73. The fourth-order valence-corrected chi connectivity index (χ4v) is 6.02. The molecule has 0 spiro atoms. The van der Waals surface area contributed by atoms with Gasteiger partial charge in [0.2, 0.25) is 17.7 Å². The molecule has 4 heterocycles. The summed E-state index contributed by atoms with van der Waals surface area (Å²) in [5, 5.41) is 8.20. The maximum Gasteiger partial charge on any atom is 0.408 e. The average molecular weight is 771 g/mol. The molecule has 0 radical (unpaired) electrons. The number of amides is 6. The quantitative estimate of drug-likeness (QED) is 0.154. The second-order valence-electron chi connectivity index (χ2n) is 14.3. The number of hydrogen-bond acceptors (Lipinski definition) is 10. The van der Waals surface area contributed by atoms with Crippen LogP contribution in [0.1, 0.15) is 41.0 Å². The molecule has 2 aromatic heterocycles. The first-order valence-electron chi connectivity index (χ1n) is 17.7. The van der Waals surface area contributed by atoms with Crippen LogP contribution in [0.5, 0.6) is 11.5 Å². The van der Waals surface area contributed by atoms with Crippen LogP contribution in [-0.2, 0) is 19.1 Å². The lowest BCUT2D eigenvalue weighted by Crippen LogP contribution is -2.61. The van der Waals surface area contributed by atoms with Crippen LogP contribution in [0.2, 0.25) is 0 Å². The van der Waals surface area contributed by atoms with Gasteiger partial charge in [-0.25, -0.2) is 33.2 Å². The molecule has 2 aromatic carbocycles. The molecule has 3 N–H and O–H groups in total. The number of urea groups is 1. The zero-order chi connectivity index (χ0) is 40.3. The Morgan fingerprint density at radius 3 is 2.29 bits per heavy atom. The largest absolute Gasteiger partial charge is 0.454 e. The monoisotopic (exact) mass is 770 g/mol. The maximum atomic E-state index is 15.3. The number of nitrogens with one attached hydrogen (secondary N) is 3. The minimum atomic E-state index is -1.32. The van der Waals surface area contributed by atoms with Gasteiger partial charge in [-0.2, -0.15) is 0 Å². The molecule has 0 saturated carbocycles. The van der Waals surface area contributed by atoms with Gasteiger partial charge in [0.25, 0.3) is 0 Å². The SMILES string of the molecule is CC(C)N1CC(C(=O)Nc2ccc(Oc3ccnc(Nc4ccc(N5CCC(NC(=O)OC(C)(C)C)C5=O)cn4)c3)c(F)c2)C(=O)N(c2ccc(F)cc2)C1=O. The van der Waals surface area contributed by atoms with Crippen molar-refractivity contribution in [2.24, 2.45) is 5.92 Å². The molecule has 6 rings (SSSR count). The van der Waals surface area contributed by atoms with Gasteiger partial charge in [-0.15, -0.1) is 0 Å². The second-order valence-corrected chi connectivity index (χ2v) is 14.3. The van der Waals surface area contributed by atoms with Gasteiger partial charge < -0.3 is 35.2 Å². The van der Waals surface area contributed by atoms with Gasteiger partial charge >= 0.3 is 12.1 Å². The van der Waals surface area contributed by atoms with E-state index in [1.54, 1.807) is 46.8 Å². The number of halogens is 2. The van der Waals surface area contributed by atoms with Crippen LogP contribution in [0.25, 0.3) is 0 Å². The molecule has 15 nitrogen and oxygen atoms in total. The summed E-state index contributed by atoms with van der Waals surface area (Å²) in [4.78, 5) is 77.4. The van der Waals surface area contributed by atoms with Gasteiger partial charge in [-0.3, -0.25) is 14.4 Å². The molecule has 2 fully saturated rings. The summed E-state index contributed by atoms with van der Waals surface area (Å²) >= 11 is 0. The van der Waals surface area contributed by atoms with Gasteiger partial charge in [-0.1, -0.05) is 0 Å². The van der Waals surface area contributed by atoms with Crippen molar-refractivity contribution < 1.29 is 42.2 Å². The second kappa shape index (κ2) is 16.0. The molecule has 2 aliphatic rings. The van der Waals surface area contributed by atoms with Gasteiger partial charge in [-0.05, 0) is 95.6 Å². The summed E-state index contributed by atoms with van der Waals surface area (Å²) in [6.07, 6.45) is 2.70. The van der Waals surface area contributed by atoms with Gasteiger partial charge in [0.05, 0.1) is 17.6 Å². The lowest BCUT2D eigenvalue weighted by atomic mass is 10.0. The minimum absolute atomic E-state index is 0.0473. The van der Waals surface area contributed by atoms with Crippen molar-refractivity contribution in [2.45, 2.75) is 58.7 Å². The van der Waals surface area contributed by atoms with Crippen molar-refractivity contribution in [3.63, 3.8) is 0 Å². The summed E-state index contributed by atoms with van der Waals surface area (Å²) in [6, 6.07) is 13.2. The number of ether oxygens (including phenoxy) is 2. The van der Waals surface area contributed by atoms with E-state index < -0.39 is 53.1 Å². The third-order valence-corrected chi connectivity index (χ3v) is 8.73. The molecule has 292 valence electrons. The van der Waals surface area contributed by atoms with Crippen molar-refractivity contribution in [1.29, 1.82) is 0 Å². The predicted molar refractivity (Wildman–Crippen MR) is 202 cm³/mol. The van der Waals surface area contributed by atoms with E-state index in [0.29, 0.717) is 30.3 Å². The maximum absolute atomic E-state index is 15.3. The third kappa shape index (κ3) is 8.99. The zero-order valence-corrected chi connectivity index (χ0v) is 31.2. The standard InChI is InChI=1S/C39H40F2N8O7/c1-22(2)48-21-28(35(51)49(38(48)54)25-9-6-23(40)7-10-25)34(50)44-24-8-12-31(29(41)18-24)55-27-14-16-42-33(19-27)46-32-13-11-26(20-43-32)47-17-15-30(36(47)52)45-37(53)56-39(3,4)5/h6-14,16,18-20,22,28,30H,15,17,21H2,1-5H3,(H,44,50)(H,45,53)(H,42,43,46). The van der Waals surface area contributed by atoms with Crippen LogP contribution in [0.4, 0.5) is 47.1 Å². The van der Waals surface area contributed by atoms with E-state index >= 15 is 4.39 Å². The highest BCUT2D eigenvalue weighted by atomic mass is 19.1. The highest BCUT2D eigenvalue weighted by molar-refractivity contribution is 6.23. The van der Waals surface area contributed by atoms with Crippen LogP contribution < -0.4 is 30.5 Å². The molecule has 4 aromatic rings. The van der Waals surface area contributed by atoms with Gasteiger partial charge in [0, 0.05) is 43.1 Å². The number of carbonyl (C=O) groups is 5. The highest BCUT2D eigenvalue weighted by Gasteiger charge is 2.44. The molecule has 0 aliphatic carbocycles. The van der Waals surface area contributed by atoms with Crippen LogP contribution in [-0.4, -0.2) is 75.5 Å². The van der Waals surface area contributed by atoms with Crippen LogP contribution in [0.3, 0.4) is 0 Å². The Balaban J connectivity index is 1.06. The Morgan fingerprint density at radius 2 is 1.62 bits per heavy atom. The normalized spacial score (nSPS) is 17.3. The molecule has 17 heteroatoms. The highest BCUT2D eigenvalue weighted by Crippen LogP contribution is 2.31. The number of aromatic nitrogens is 2. The molecule has 2 aliphatic heterocycles. The number of benzene rings is 2. The molecule has 2 unspecified atom stereocenters. The molecule has 0 bridgehead atoms. The molecule has 2 atom stereocenters. The smallest absolute Gasteiger partial charge is 0.408 e. The molecular formula is C39H40F2N8O7. The predicted octanol–water partition coefficient (Wildman–Crippen LogP) is 6.35. The van der Waals surface area contributed by atoms with Gasteiger partial charge in [0.1, 0.15) is 40.8 Å². The van der Waals surface area contributed by atoms with Crippen molar-refractivity contribution in [2.75, 3.05) is 33.5 Å². The van der Waals surface area contributed by atoms with Crippen LogP contribution in [0, 0.1) is 17.6 Å². The number of carbonyl (C=O) groups excluding carboxylic acids is 5. The molecule has 2 saturated heterocycles. The Hall–Kier alpha value is -6.65. The number of rotatable bonds is 10. The zero-order valence-electron chi connectivity index (χ0n) is 31.2. The minimum Gasteiger partial charge on any atom is -0.454 e. The number of anilines is 5. The summed E-state index contributed by atoms with van der Waals surface area (Å²) in [6.45, 7) is 8.87. The van der Waals surface area contributed by atoms with Gasteiger partial charge in [0.15, 0.2) is 11.6 Å². The summed E-state index contributed by atoms with van der Waals surface area (Å²) in [5.41, 5.74) is 0.00818. The molecule has 6 amide bonds. The number of hydrogen-bond donors (Lipinski definition) is 3. The van der Waals surface area contributed by atoms with Crippen molar-refractivity contribution in [3.8, 4) is 11.5 Å². The number of nitrogens with zero attached hydrogens (tertiary/aromatic N) is 5. The first-order chi connectivity index (χ1) is 26.6. The van der Waals surface area contributed by atoms with E-state index in [-0.39, 0.29) is 41.4 Å². The van der Waals surface area contributed by atoms with Crippen LogP contribution in [0.15, 0.2) is 79.1 Å². The summed E-state index contributed by atoms with van der Waals surface area (Å²) in [7, 11) is 0. The topological polar surface area (TPSA) is 175 Å². The lowest BCUT2D eigenvalue weighted by molar-refractivity contribution is -0.132. The fraction of sp³-hybridized carbons (Fsp3) is 0.308. The lowest BCUT2D eigenvalue weighted by Gasteiger charge is -2.39. The van der Waals surface area contributed by atoms with E-state index in [1.165, 1.54) is 58.6 Å². The Morgan fingerprint density at radius 1 is 0.893 bits per heavy atom. The number of pyridine rings is 2. The summed E-state index contributed by atoms with van der Waals surface area (Å²) < 4.78 is 39.9. The van der Waals surface area contributed by atoms with Crippen molar-refractivity contribution in [1.82, 2.24) is 20.2 Å². The number of imide groups is 1. The molecular weight excluding hydrogens is 730 g/mol. The fourth-order valence-electron chi connectivity index (χ4n) is 6.02. The first kappa shape index (κ1) is 39.1. The molecule has 56 heavy (non-hydrogen) atoms. The number of alkyl carbamates (subject to hydrolysis) is 1. The Labute approximate surface area is 321 Å². The van der Waals surface area contributed by atoms with E-state index in [2.05, 4.69) is 25.9 Å². The summed E-state index contributed by atoms with van der Waals surface area (Å²) in [5.74, 6) is -3.73. The average Bonchev–Trinajstić information content (AvgIpc) is 3.48. The Bertz CT molecular complexity index is 2140. The first-order valence-corrected chi connectivity index (χ1v) is 17.7. The van der Waals surface area contributed by atoms with Crippen molar-refractivity contribution >= 4 is 58.5 Å². The van der Waals surface area contributed by atoms with E-state index in [1.807, 2.05) is 0 Å². The van der Waals surface area contributed by atoms with E-state index in [9.17, 15) is 28.4 Å². The Kier molecular flexibility index (Phi) is 11.1. The van der Waals surface area contributed by atoms with Crippen LogP contribution >= 0.6 is 0 Å². The van der Waals surface area contributed by atoms with E-state index in [0.717, 1.165) is 23.1 Å².